The minimum absolute atomic E-state index is 0.0434. The summed E-state index contributed by atoms with van der Waals surface area (Å²) in [6.45, 7) is 0. The summed E-state index contributed by atoms with van der Waals surface area (Å²) in [6.07, 6.45) is -13.4. The molecule has 3 nitrogen and oxygen atoms in total. The highest BCUT2D eigenvalue weighted by Gasteiger charge is 2.48. The smallest absolute Gasteiger partial charge is 0.416 e. The van der Waals surface area contributed by atoms with E-state index in [1.54, 1.807) is 18.2 Å². The highest BCUT2D eigenvalue weighted by molar-refractivity contribution is 5.61. The van der Waals surface area contributed by atoms with Crippen LogP contribution in [0.3, 0.4) is 0 Å². The van der Waals surface area contributed by atoms with Crippen LogP contribution in [0.4, 0.5) is 51.2 Å². The van der Waals surface area contributed by atoms with E-state index in [-0.39, 0.29) is 29.5 Å². The predicted molar refractivity (Wildman–Crippen MR) is 108 cm³/mol. The lowest BCUT2D eigenvalue weighted by Gasteiger charge is -2.34. The standard InChI is InChI=1S/C23H15F9N2O/c24-21(25,26)12-20(13-5-2-1-3-6-13)8-4-7-17-18(20)34-19(35-17)33-16-10-14(22(27,28)29)9-15(11-16)23(30,31)32/h1-7,9-11H,8,12H2,(H,33,34). The van der Waals surface area contributed by atoms with Crippen LogP contribution in [-0.2, 0) is 17.8 Å². The van der Waals surface area contributed by atoms with Crippen molar-refractivity contribution in [2.45, 2.75) is 36.8 Å². The number of rotatable bonds is 4. The molecule has 1 aromatic heterocycles. The Labute approximate surface area is 192 Å². The van der Waals surface area contributed by atoms with Crippen molar-refractivity contribution in [3.8, 4) is 0 Å². The second-order valence-electron chi connectivity index (χ2n) is 8.00. The number of alkyl halides is 9. The molecule has 0 saturated heterocycles. The van der Waals surface area contributed by atoms with E-state index in [0.29, 0.717) is 12.1 Å². The van der Waals surface area contributed by atoms with Gasteiger partial charge in [0.05, 0.1) is 28.7 Å². The van der Waals surface area contributed by atoms with Gasteiger partial charge < -0.3 is 9.73 Å². The maximum absolute atomic E-state index is 13.6. The van der Waals surface area contributed by atoms with Crippen LogP contribution < -0.4 is 5.32 Å². The maximum Gasteiger partial charge on any atom is 0.416 e. The maximum atomic E-state index is 13.6. The summed E-state index contributed by atoms with van der Waals surface area (Å²) in [5, 5.41) is 2.25. The highest BCUT2D eigenvalue weighted by Crippen LogP contribution is 2.48. The zero-order chi connectivity index (χ0) is 25.6. The summed E-state index contributed by atoms with van der Waals surface area (Å²) in [5.74, 6) is -0.0881. The van der Waals surface area contributed by atoms with E-state index in [9.17, 15) is 39.5 Å². The number of fused-ring (bicyclic) bond motifs is 1. The summed E-state index contributed by atoms with van der Waals surface area (Å²) in [6, 6.07) is 7.94. The van der Waals surface area contributed by atoms with Crippen molar-refractivity contribution >= 4 is 17.8 Å². The van der Waals surface area contributed by atoms with Gasteiger partial charge in [-0.1, -0.05) is 36.4 Å². The van der Waals surface area contributed by atoms with Crippen molar-refractivity contribution in [2.24, 2.45) is 0 Å². The zero-order valence-corrected chi connectivity index (χ0v) is 17.4. The molecular weight excluding hydrogens is 491 g/mol. The lowest BCUT2D eigenvalue weighted by Crippen LogP contribution is -2.35. The zero-order valence-electron chi connectivity index (χ0n) is 17.4. The average molecular weight is 506 g/mol. The predicted octanol–water partition coefficient (Wildman–Crippen LogP) is 8.11. The van der Waals surface area contributed by atoms with Gasteiger partial charge in [0.25, 0.3) is 6.01 Å². The Bertz CT molecular complexity index is 1210. The number of nitrogens with zero attached hydrogens (tertiary/aromatic N) is 1. The fourth-order valence-electron chi connectivity index (χ4n) is 4.07. The third-order valence-corrected chi connectivity index (χ3v) is 5.51. The summed E-state index contributed by atoms with van der Waals surface area (Å²) in [7, 11) is 0. The number of hydrogen-bond acceptors (Lipinski definition) is 3. The minimum Gasteiger partial charge on any atom is -0.424 e. The highest BCUT2D eigenvalue weighted by atomic mass is 19.4. The van der Waals surface area contributed by atoms with Gasteiger partial charge in [0.15, 0.2) is 5.76 Å². The van der Waals surface area contributed by atoms with Gasteiger partial charge in [-0.25, -0.2) is 0 Å². The number of nitrogens with one attached hydrogen (secondary N) is 1. The van der Waals surface area contributed by atoms with Gasteiger partial charge in [0, 0.05) is 5.69 Å². The number of hydrogen-bond donors (Lipinski definition) is 1. The Balaban J connectivity index is 1.79. The third kappa shape index (κ3) is 5.15. The van der Waals surface area contributed by atoms with E-state index in [4.69, 9.17) is 4.42 Å². The summed E-state index contributed by atoms with van der Waals surface area (Å²) in [4.78, 5) is 4.05. The molecule has 0 amide bonds. The van der Waals surface area contributed by atoms with Crippen LogP contribution in [0.2, 0.25) is 0 Å². The first-order valence-electron chi connectivity index (χ1n) is 10.0. The number of halogens is 9. The van der Waals surface area contributed by atoms with Crippen LogP contribution in [0, 0.1) is 0 Å². The molecule has 1 atom stereocenters. The SMILES string of the molecule is FC(F)(F)CC1(c2ccccc2)CC=Cc2oc(Nc3cc(C(F)(F)F)cc(C(F)(F)F)c3)nc21. The fraction of sp³-hybridized carbons (Fsp3) is 0.261. The van der Waals surface area contributed by atoms with Gasteiger partial charge in [-0.05, 0) is 36.3 Å². The van der Waals surface area contributed by atoms with Crippen LogP contribution in [0.15, 0.2) is 59.0 Å². The Morgan fingerprint density at radius 1 is 0.857 bits per heavy atom. The Hall–Kier alpha value is -3.44. The normalized spacial score (nSPS) is 18.4. The van der Waals surface area contributed by atoms with E-state index in [1.807, 2.05) is 0 Å². The van der Waals surface area contributed by atoms with Crippen molar-refractivity contribution in [1.29, 1.82) is 0 Å². The van der Waals surface area contributed by atoms with E-state index in [1.165, 1.54) is 24.3 Å². The van der Waals surface area contributed by atoms with Gasteiger partial charge in [-0.2, -0.15) is 44.5 Å². The van der Waals surface area contributed by atoms with Crippen LogP contribution in [0.5, 0.6) is 0 Å². The second-order valence-corrected chi connectivity index (χ2v) is 8.00. The minimum atomic E-state index is -5.08. The first-order chi connectivity index (χ1) is 16.2. The number of aromatic nitrogens is 1. The molecule has 12 heteroatoms. The molecule has 0 fully saturated rings. The van der Waals surface area contributed by atoms with E-state index in [0.717, 1.165) is 0 Å². The molecule has 0 aliphatic heterocycles. The van der Waals surface area contributed by atoms with Gasteiger partial charge in [0.2, 0.25) is 0 Å². The van der Waals surface area contributed by atoms with Crippen molar-refractivity contribution in [2.75, 3.05) is 5.32 Å². The van der Waals surface area contributed by atoms with Gasteiger partial charge in [-0.3, -0.25) is 0 Å². The summed E-state index contributed by atoms with van der Waals surface area (Å²) < 4.78 is 125. The molecule has 1 heterocycles. The average Bonchev–Trinajstić information content (AvgIpc) is 3.15. The third-order valence-electron chi connectivity index (χ3n) is 5.51. The van der Waals surface area contributed by atoms with Crippen LogP contribution in [-0.4, -0.2) is 11.2 Å². The van der Waals surface area contributed by atoms with Crippen molar-refractivity contribution in [1.82, 2.24) is 4.98 Å². The Kier molecular flexibility index (Phi) is 5.89. The van der Waals surface area contributed by atoms with E-state index < -0.39 is 53.2 Å². The number of benzene rings is 2. The fourth-order valence-corrected chi connectivity index (χ4v) is 4.07. The molecule has 0 spiro atoms. The van der Waals surface area contributed by atoms with Gasteiger partial charge in [0.1, 0.15) is 0 Å². The molecule has 2 aromatic carbocycles. The first-order valence-corrected chi connectivity index (χ1v) is 10.0. The van der Waals surface area contributed by atoms with Crippen molar-refractivity contribution in [3.63, 3.8) is 0 Å². The molecule has 35 heavy (non-hydrogen) atoms. The first kappa shape index (κ1) is 24.7. The Morgan fingerprint density at radius 3 is 2.00 bits per heavy atom. The second kappa shape index (κ2) is 8.35. The molecule has 186 valence electrons. The molecule has 3 aromatic rings. The topological polar surface area (TPSA) is 38.1 Å². The largest absolute Gasteiger partial charge is 0.424 e. The molecule has 1 N–H and O–H groups in total. The van der Waals surface area contributed by atoms with Crippen LogP contribution in [0.1, 0.15) is 41.0 Å². The molecule has 1 unspecified atom stereocenters. The molecule has 0 saturated carbocycles. The van der Waals surface area contributed by atoms with Crippen LogP contribution >= 0.6 is 0 Å². The van der Waals surface area contributed by atoms with Crippen molar-refractivity contribution < 1.29 is 43.9 Å². The van der Waals surface area contributed by atoms with Gasteiger partial charge >= 0.3 is 18.5 Å². The summed E-state index contributed by atoms with van der Waals surface area (Å²) >= 11 is 0. The molecule has 4 rings (SSSR count). The molecule has 0 radical (unpaired) electrons. The Morgan fingerprint density at radius 2 is 1.46 bits per heavy atom. The van der Waals surface area contributed by atoms with E-state index >= 15 is 0 Å². The van der Waals surface area contributed by atoms with E-state index in [2.05, 4.69) is 10.3 Å². The molecular formula is C23H15F9N2O. The molecule has 0 bridgehead atoms. The number of oxazole rings is 1. The van der Waals surface area contributed by atoms with Crippen LogP contribution in [0.25, 0.3) is 6.08 Å². The monoisotopic (exact) mass is 506 g/mol. The number of anilines is 2. The number of allylic oxidation sites excluding steroid dienone is 1. The lowest BCUT2D eigenvalue weighted by molar-refractivity contribution is -0.146. The summed E-state index contributed by atoms with van der Waals surface area (Å²) in [5.41, 5.74) is -5.33. The van der Waals surface area contributed by atoms with Crippen molar-refractivity contribution in [3.05, 3.63) is 82.8 Å². The molecule has 1 aliphatic carbocycles. The lowest BCUT2D eigenvalue weighted by atomic mass is 9.69. The quantitative estimate of drug-likeness (QED) is 0.363. The van der Waals surface area contributed by atoms with Gasteiger partial charge in [-0.15, -0.1) is 0 Å². The molecule has 1 aliphatic rings.